The fraction of sp³-hybridized carbons (Fsp3) is 0.158. The molecule has 0 fully saturated rings. The standard InChI is InChI=1S/C19H17NO/c1-13-7-8-15(9-14(13)2)10-19(21)18-12-20-11-16-5-3-4-6-17(16)18/h3-9,11-12H,10H2,1-2H3. The number of aryl methyl sites for hydroxylation is 2. The number of nitrogens with zero attached hydrogens (tertiary/aromatic N) is 1. The van der Waals surface area contributed by atoms with E-state index in [9.17, 15) is 4.79 Å². The van der Waals surface area contributed by atoms with Crippen molar-refractivity contribution in [2.45, 2.75) is 20.3 Å². The third kappa shape index (κ3) is 2.70. The highest BCUT2D eigenvalue weighted by Gasteiger charge is 2.11. The second kappa shape index (κ2) is 5.49. The number of carbonyl (C=O) groups excluding carboxylic acids is 1. The summed E-state index contributed by atoms with van der Waals surface area (Å²) in [7, 11) is 0. The first-order valence-electron chi connectivity index (χ1n) is 7.07. The Hall–Kier alpha value is -2.48. The van der Waals surface area contributed by atoms with E-state index in [-0.39, 0.29) is 5.78 Å². The van der Waals surface area contributed by atoms with Crippen molar-refractivity contribution >= 4 is 16.6 Å². The highest BCUT2D eigenvalue weighted by molar-refractivity contribution is 6.08. The molecule has 3 aromatic rings. The average molecular weight is 275 g/mol. The SMILES string of the molecule is Cc1ccc(CC(=O)c2cncc3ccccc23)cc1C. The number of ketones is 1. The third-order valence-electron chi connectivity index (χ3n) is 3.90. The molecular weight excluding hydrogens is 258 g/mol. The number of hydrogen-bond donors (Lipinski definition) is 0. The molecule has 0 aliphatic heterocycles. The van der Waals surface area contributed by atoms with Gasteiger partial charge in [-0.05, 0) is 35.9 Å². The number of carbonyl (C=O) groups is 1. The Labute approximate surface area is 124 Å². The molecule has 0 saturated heterocycles. The summed E-state index contributed by atoms with van der Waals surface area (Å²) < 4.78 is 0. The Kier molecular flexibility index (Phi) is 3.53. The summed E-state index contributed by atoms with van der Waals surface area (Å²) in [5.41, 5.74) is 4.22. The zero-order chi connectivity index (χ0) is 14.8. The summed E-state index contributed by atoms with van der Waals surface area (Å²) in [5, 5.41) is 1.98. The molecule has 0 aliphatic rings. The van der Waals surface area contributed by atoms with Gasteiger partial charge in [-0.15, -0.1) is 0 Å². The zero-order valence-corrected chi connectivity index (χ0v) is 12.3. The Bertz CT molecular complexity index is 815. The number of pyridine rings is 1. The number of aromatic nitrogens is 1. The van der Waals surface area contributed by atoms with Crippen molar-refractivity contribution in [1.29, 1.82) is 0 Å². The van der Waals surface area contributed by atoms with Gasteiger partial charge in [-0.25, -0.2) is 0 Å². The topological polar surface area (TPSA) is 30.0 Å². The number of fused-ring (bicyclic) bond motifs is 1. The van der Waals surface area contributed by atoms with E-state index in [1.807, 2.05) is 30.3 Å². The van der Waals surface area contributed by atoms with Crippen molar-refractivity contribution in [1.82, 2.24) is 4.98 Å². The molecule has 0 amide bonds. The monoisotopic (exact) mass is 275 g/mol. The van der Waals surface area contributed by atoms with Gasteiger partial charge in [-0.2, -0.15) is 0 Å². The maximum absolute atomic E-state index is 12.6. The lowest BCUT2D eigenvalue weighted by molar-refractivity contribution is 0.0994. The van der Waals surface area contributed by atoms with E-state index in [4.69, 9.17) is 0 Å². The van der Waals surface area contributed by atoms with Crippen LogP contribution in [-0.2, 0) is 6.42 Å². The van der Waals surface area contributed by atoms with E-state index in [1.54, 1.807) is 12.4 Å². The molecule has 0 radical (unpaired) electrons. The van der Waals surface area contributed by atoms with Gasteiger partial charge in [0.25, 0.3) is 0 Å². The second-order valence-corrected chi connectivity index (χ2v) is 5.43. The Morgan fingerprint density at radius 2 is 1.81 bits per heavy atom. The maximum Gasteiger partial charge on any atom is 0.169 e. The summed E-state index contributed by atoms with van der Waals surface area (Å²) >= 11 is 0. The van der Waals surface area contributed by atoms with Crippen LogP contribution in [0.2, 0.25) is 0 Å². The molecule has 104 valence electrons. The summed E-state index contributed by atoms with van der Waals surface area (Å²) in [6.45, 7) is 4.15. The lowest BCUT2D eigenvalue weighted by atomic mass is 9.98. The first-order valence-corrected chi connectivity index (χ1v) is 7.07. The smallest absolute Gasteiger partial charge is 0.169 e. The van der Waals surface area contributed by atoms with Gasteiger partial charge in [0.05, 0.1) is 0 Å². The number of hydrogen-bond acceptors (Lipinski definition) is 2. The van der Waals surface area contributed by atoms with Crippen LogP contribution in [0.25, 0.3) is 10.8 Å². The van der Waals surface area contributed by atoms with Crippen molar-refractivity contribution in [3.8, 4) is 0 Å². The van der Waals surface area contributed by atoms with E-state index in [2.05, 4.69) is 31.0 Å². The van der Waals surface area contributed by atoms with Crippen LogP contribution in [-0.4, -0.2) is 10.8 Å². The van der Waals surface area contributed by atoms with Crippen LogP contribution in [0.3, 0.4) is 0 Å². The van der Waals surface area contributed by atoms with Crippen LogP contribution in [0, 0.1) is 13.8 Å². The molecule has 3 rings (SSSR count). The first-order chi connectivity index (χ1) is 10.1. The summed E-state index contributed by atoms with van der Waals surface area (Å²) in [6, 6.07) is 14.1. The maximum atomic E-state index is 12.6. The van der Waals surface area contributed by atoms with E-state index < -0.39 is 0 Å². The Morgan fingerprint density at radius 1 is 1.00 bits per heavy atom. The number of benzene rings is 2. The Balaban J connectivity index is 1.95. The quantitative estimate of drug-likeness (QED) is 0.668. The van der Waals surface area contributed by atoms with E-state index >= 15 is 0 Å². The summed E-state index contributed by atoms with van der Waals surface area (Å²) in [5.74, 6) is 0.113. The zero-order valence-electron chi connectivity index (χ0n) is 12.3. The first kappa shape index (κ1) is 13.5. The molecule has 0 atom stereocenters. The predicted octanol–water partition coefficient (Wildman–Crippen LogP) is 4.28. The van der Waals surface area contributed by atoms with Gasteiger partial charge >= 0.3 is 0 Å². The van der Waals surface area contributed by atoms with Crippen LogP contribution >= 0.6 is 0 Å². The van der Waals surface area contributed by atoms with Crippen LogP contribution in [0.1, 0.15) is 27.0 Å². The summed E-state index contributed by atoms with van der Waals surface area (Å²) in [4.78, 5) is 16.8. The van der Waals surface area contributed by atoms with Crippen molar-refractivity contribution < 1.29 is 4.79 Å². The lowest BCUT2D eigenvalue weighted by Crippen LogP contribution is -2.05. The molecule has 2 heteroatoms. The highest BCUT2D eigenvalue weighted by Crippen LogP contribution is 2.19. The average Bonchev–Trinajstić information content (AvgIpc) is 2.50. The fourth-order valence-corrected chi connectivity index (χ4v) is 2.53. The van der Waals surface area contributed by atoms with Gasteiger partial charge in [0.2, 0.25) is 0 Å². The minimum absolute atomic E-state index is 0.113. The van der Waals surface area contributed by atoms with Gasteiger partial charge in [0.15, 0.2) is 5.78 Å². The van der Waals surface area contributed by atoms with Crippen LogP contribution in [0.5, 0.6) is 0 Å². The molecular formula is C19H17NO. The molecule has 1 heterocycles. The molecule has 0 spiro atoms. The Morgan fingerprint density at radius 3 is 2.62 bits per heavy atom. The number of Topliss-reactive ketones (excluding diaryl/α,β-unsaturated/α-hetero) is 1. The normalized spacial score (nSPS) is 10.8. The minimum Gasteiger partial charge on any atom is -0.294 e. The fourth-order valence-electron chi connectivity index (χ4n) is 2.53. The molecule has 0 saturated carbocycles. The largest absolute Gasteiger partial charge is 0.294 e. The third-order valence-corrected chi connectivity index (χ3v) is 3.90. The van der Waals surface area contributed by atoms with Gasteiger partial charge in [0, 0.05) is 29.8 Å². The summed E-state index contributed by atoms with van der Waals surface area (Å²) in [6.07, 6.45) is 3.88. The molecule has 0 bridgehead atoms. The lowest BCUT2D eigenvalue weighted by Gasteiger charge is -2.07. The van der Waals surface area contributed by atoms with Crippen molar-refractivity contribution in [3.05, 3.63) is 77.1 Å². The molecule has 0 N–H and O–H groups in total. The minimum atomic E-state index is 0.113. The molecule has 2 nitrogen and oxygen atoms in total. The molecule has 1 aromatic heterocycles. The highest BCUT2D eigenvalue weighted by atomic mass is 16.1. The van der Waals surface area contributed by atoms with Crippen molar-refractivity contribution in [2.24, 2.45) is 0 Å². The number of rotatable bonds is 3. The van der Waals surface area contributed by atoms with Crippen LogP contribution in [0.15, 0.2) is 54.9 Å². The van der Waals surface area contributed by atoms with Crippen LogP contribution < -0.4 is 0 Å². The molecule has 0 unspecified atom stereocenters. The van der Waals surface area contributed by atoms with Gasteiger partial charge in [-0.1, -0.05) is 42.5 Å². The van der Waals surface area contributed by atoms with E-state index in [0.29, 0.717) is 12.0 Å². The second-order valence-electron chi connectivity index (χ2n) is 5.43. The molecule has 0 aliphatic carbocycles. The van der Waals surface area contributed by atoms with E-state index in [1.165, 1.54) is 11.1 Å². The van der Waals surface area contributed by atoms with E-state index in [0.717, 1.165) is 16.3 Å². The predicted molar refractivity (Wildman–Crippen MR) is 85.7 cm³/mol. The van der Waals surface area contributed by atoms with Crippen molar-refractivity contribution in [2.75, 3.05) is 0 Å². The van der Waals surface area contributed by atoms with Gasteiger partial charge < -0.3 is 0 Å². The molecule has 21 heavy (non-hydrogen) atoms. The van der Waals surface area contributed by atoms with Crippen molar-refractivity contribution in [3.63, 3.8) is 0 Å². The van der Waals surface area contributed by atoms with Gasteiger partial charge in [0.1, 0.15) is 0 Å². The van der Waals surface area contributed by atoms with Gasteiger partial charge in [-0.3, -0.25) is 9.78 Å². The molecule has 2 aromatic carbocycles. The van der Waals surface area contributed by atoms with Crippen LogP contribution in [0.4, 0.5) is 0 Å².